The predicted octanol–water partition coefficient (Wildman–Crippen LogP) is 3.23. The normalized spacial score (nSPS) is 22.4. The van der Waals surface area contributed by atoms with Gasteiger partial charge in [0.05, 0.1) is 4.90 Å². The summed E-state index contributed by atoms with van der Waals surface area (Å²) in [5.41, 5.74) is 0.783. The monoisotopic (exact) mass is 378 g/mol. The lowest BCUT2D eigenvalue weighted by atomic mass is 9.94. The maximum atomic E-state index is 13.0. The number of carbonyl (C=O) groups is 1. The first-order valence-corrected chi connectivity index (χ1v) is 11.3. The first-order chi connectivity index (χ1) is 12.5. The molecule has 1 N–H and O–H groups in total. The molecule has 6 heteroatoms. The lowest BCUT2D eigenvalue weighted by Gasteiger charge is -2.32. The minimum atomic E-state index is -3.45. The molecule has 2 aliphatic rings. The number of sulfonamides is 1. The van der Waals surface area contributed by atoms with Crippen LogP contribution < -0.4 is 5.32 Å². The SMILES string of the molecule is Cc1ccccc1S(=O)(=O)N1CCCC(CCC(=O)NC2CCCC2)C1. The van der Waals surface area contributed by atoms with Crippen molar-refractivity contribution in [1.82, 2.24) is 9.62 Å². The van der Waals surface area contributed by atoms with Crippen LogP contribution >= 0.6 is 0 Å². The Morgan fingerprint density at radius 1 is 1.15 bits per heavy atom. The zero-order valence-corrected chi connectivity index (χ0v) is 16.4. The van der Waals surface area contributed by atoms with E-state index in [0.29, 0.717) is 30.4 Å². The van der Waals surface area contributed by atoms with E-state index >= 15 is 0 Å². The molecule has 144 valence electrons. The number of nitrogens with zero attached hydrogens (tertiary/aromatic N) is 1. The van der Waals surface area contributed by atoms with Gasteiger partial charge in [-0.15, -0.1) is 0 Å². The Labute approximate surface area is 157 Å². The van der Waals surface area contributed by atoms with Gasteiger partial charge in [0, 0.05) is 25.6 Å². The van der Waals surface area contributed by atoms with E-state index in [4.69, 9.17) is 0 Å². The van der Waals surface area contributed by atoms with Crippen LogP contribution in [-0.2, 0) is 14.8 Å². The lowest BCUT2D eigenvalue weighted by Crippen LogP contribution is -2.40. The van der Waals surface area contributed by atoms with Crippen LogP contribution in [0.3, 0.4) is 0 Å². The highest BCUT2D eigenvalue weighted by molar-refractivity contribution is 7.89. The van der Waals surface area contributed by atoms with Crippen molar-refractivity contribution in [1.29, 1.82) is 0 Å². The zero-order chi connectivity index (χ0) is 18.6. The second kappa shape index (κ2) is 8.53. The molecule has 2 fully saturated rings. The minimum absolute atomic E-state index is 0.121. The largest absolute Gasteiger partial charge is 0.353 e. The molecule has 1 unspecified atom stereocenters. The molecule has 1 aliphatic carbocycles. The van der Waals surface area contributed by atoms with E-state index in [1.165, 1.54) is 12.8 Å². The van der Waals surface area contributed by atoms with E-state index in [0.717, 1.165) is 37.7 Å². The van der Waals surface area contributed by atoms with Crippen molar-refractivity contribution in [2.24, 2.45) is 5.92 Å². The molecular formula is C20H30N2O3S. The average Bonchev–Trinajstić information content (AvgIpc) is 3.13. The summed E-state index contributed by atoms with van der Waals surface area (Å²) in [6.45, 7) is 2.93. The molecule has 26 heavy (non-hydrogen) atoms. The number of piperidine rings is 1. The van der Waals surface area contributed by atoms with Gasteiger partial charge in [0.15, 0.2) is 0 Å². The standard InChI is InChI=1S/C20H30N2O3S/c1-16-7-2-5-11-19(16)26(24,25)22-14-6-8-17(15-22)12-13-20(23)21-18-9-3-4-10-18/h2,5,7,11,17-18H,3-4,6,8-10,12-15H2,1H3,(H,21,23). The number of benzene rings is 1. The average molecular weight is 379 g/mol. The molecule has 1 aliphatic heterocycles. The fourth-order valence-electron chi connectivity index (χ4n) is 4.17. The Bertz CT molecular complexity index is 726. The van der Waals surface area contributed by atoms with E-state index in [1.807, 2.05) is 19.1 Å². The molecule has 0 radical (unpaired) electrons. The van der Waals surface area contributed by atoms with Gasteiger partial charge >= 0.3 is 0 Å². The summed E-state index contributed by atoms with van der Waals surface area (Å²) in [6.07, 6.45) is 7.72. The third-order valence-corrected chi connectivity index (χ3v) is 7.72. The molecule has 3 rings (SSSR count). The van der Waals surface area contributed by atoms with Gasteiger partial charge in [0.1, 0.15) is 0 Å². The highest BCUT2D eigenvalue weighted by Gasteiger charge is 2.31. The topological polar surface area (TPSA) is 66.5 Å². The first kappa shape index (κ1) is 19.4. The maximum Gasteiger partial charge on any atom is 0.243 e. The van der Waals surface area contributed by atoms with Gasteiger partial charge in [0.2, 0.25) is 15.9 Å². The maximum absolute atomic E-state index is 13.0. The van der Waals surface area contributed by atoms with E-state index < -0.39 is 10.0 Å². The number of carbonyl (C=O) groups excluding carboxylic acids is 1. The molecule has 0 aromatic heterocycles. The Morgan fingerprint density at radius 2 is 1.88 bits per heavy atom. The molecule has 0 spiro atoms. The first-order valence-electron chi connectivity index (χ1n) is 9.82. The summed E-state index contributed by atoms with van der Waals surface area (Å²) < 4.78 is 27.5. The van der Waals surface area contributed by atoms with E-state index in [9.17, 15) is 13.2 Å². The van der Waals surface area contributed by atoms with Crippen molar-refractivity contribution in [3.8, 4) is 0 Å². The number of aryl methyl sites for hydroxylation is 1. The fraction of sp³-hybridized carbons (Fsp3) is 0.650. The number of rotatable bonds is 6. The van der Waals surface area contributed by atoms with Crippen LogP contribution in [0.4, 0.5) is 0 Å². The van der Waals surface area contributed by atoms with Gasteiger partial charge in [-0.05, 0) is 56.6 Å². The van der Waals surface area contributed by atoms with Crippen LogP contribution in [0, 0.1) is 12.8 Å². The number of nitrogens with one attached hydrogen (secondary N) is 1. The van der Waals surface area contributed by atoms with Gasteiger partial charge in [-0.3, -0.25) is 4.79 Å². The van der Waals surface area contributed by atoms with Gasteiger partial charge in [-0.2, -0.15) is 4.31 Å². The van der Waals surface area contributed by atoms with Crippen molar-refractivity contribution >= 4 is 15.9 Å². The molecular weight excluding hydrogens is 348 g/mol. The Hall–Kier alpha value is -1.40. The van der Waals surface area contributed by atoms with Crippen LogP contribution in [0.1, 0.15) is 56.9 Å². The molecule has 1 amide bonds. The number of hydrogen-bond donors (Lipinski definition) is 1. The Kier molecular flexibility index (Phi) is 6.35. The van der Waals surface area contributed by atoms with Crippen LogP contribution in [0.2, 0.25) is 0 Å². The fourth-order valence-corrected chi connectivity index (χ4v) is 5.95. The molecule has 1 saturated heterocycles. The van der Waals surface area contributed by atoms with Crippen LogP contribution in [-0.4, -0.2) is 37.8 Å². The van der Waals surface area contributed by atoms with E-state index in [-0.39, 0.29) is 11.8 Å². The summed E-state index contributed by atoms with van der Waals surface area (Å²) in [4.78, 5) is 12.5. The molecule has 1 heterocycles. The van der Waals surface area contributed by atoms with Crippen molar-refractivity contribution in [2.45, 2.75) is 69.2 Å². The highest BCUT2D eigenvalue weighted by Crippen LogP contribution is 2.27. The van der Waals surface area contributed by atoms with E-state index in [1.54, 1.807) is 16.4 Å². The predicted molar refractivity (Wildman–Crippen MR) is 102 cm³/mol. The van der Waals surface area contributed by atoms with Gasteiger partial charge in [0.25, 0.3) is 0 Å². The third kappa shape index (κ3) is 4.65. The summed E-state index contributed by atoms with van der Waals surface area (Å²) in [5, 5.41) is 3.12. The van der Waals surface area contributed by atoms with Gasteiger partial charge < -0.3 is 5.32 Å². The lowest BCUT2D eigenvalue weighted by molar-refractivity contribution is -0.122. The summed E-state index contributed by atoms with van der Waals surface area (Å²) >= 11 is 0. The molecule has 1 saturated carbocycles. The van der Waals surface area contributed by atoms with E-state index in [2.05, 4.69) is 5.32 Å². The Morgan fingerprint density at radius 3 is 2.62 bits per heavy atom. The van der Waals surface area contributed by atoms with Gasteiger partial charge in [-0.25, -0.2) is 8.42 Å². The van der Waals surface area contributed by atoms with Crippen molar-refractivity contribution in [3.05, 3.63) is 29.8 Å². The van der Waals surface area contributed by atoms with Crippen molar-refractivity contribution in [2.75, 3.05) is 13.1 Å². The summed E-state index contributed by atoms with van der Waals surface area (Å²) in [7, 11) is -3.45. The third-order valence-electron chi connectivity index (χ3n) is 5.69. The molecule has 0 bridgehead atoms. The zero-order valence-electron chi connectivity index (χ0n) is 15.6. The number of amides is 1. The van der Waals surface area contributed by atoms with Crippen LogP contribution in [0.15, 0.2) is 29.2 Å². The Balaban J connectivity index is 1.55. The molecule has 5 nitrogen and oxygen atoms in total. The molecule has 1 atom stereocenters. The second-order valence-corrected chi connectivity index (χ2v) is 9.63. The molecule has 1 aromatic rings. The smallest absolute Gasteiger partial charge is 0.243 e. The summed E-state index contributed by atoms with van der Waals surface area (Å²) in [5.74, 6) is 0.382. The number of hydrogen-bond acceptors (Lipinski definition) is 3. The minimum Gasteiger partial charge on any atom is -0.353 e. The van der Waals surface area contributed by atoms with Crippen molar-refractivity contribution < 1.29 is 13.2 Å². The quantitative estimate of drug-likeness (QED) is 0.826. The van der Waals surface area contributed by atoms with Crippen molar-refractivity contribution in [3.63, 3.8) is 0 Å². The molecule has 1 aromatic carbocycles. The van der Waals surface area contributed by atoms with Crippen LogP contribution in [0.25, 0.3) is 0 Å². The second-order valence-electron chi connectivity index (χ2n) is 7.72. The summed E-state index contributed by atoms with van der Waals surface area (Å²) in [6, 6.07) is 7.50. The van der Waals surface area contributed by atoms with Crippen LogP contribution in [0.5, 0.6) is 0 Å². The highest BCUT2D eigenvalue weighted by atomic mass is 32.2. The van der Waals surface area contributed by atoms with Gasteiger partial charge in [-0.1, -0.05) is 31.0 Å².